The zero-order valence-electron chi connectivity index (χ0n) is 15.5. The van der Waals surface area contributed by atoms with E-state index in [1.165, 1.54) is 0 Å². The van der Waals surface area contributed by atoms with E-state index >= 15 is 0 Å². The molecule has 2 unspecified atom stereocenters. The predicted molar refractivity (Wildman–Crippen MR) is 108 cm³/mol. The highest BCUT2D eigenvalue weighted by molar-refractivity contribution is 6.42. The molecule has 0 saturated carbocycles. The monoisotopic (exact) mass is 420 g/mol. The van der Waals surface area contributed by atoms with E-state index in [1.807, 2.05) is 13.0 Å². The second kappa shape index (κ2) is 6.87. The number of benzene rings is 2. The minimum atomic E-state index is -0.826. The molecule has 28 heavy (non-hydrogen) atoms. The van der Waals surface area contributed by atoms with Crippen molar-refractivity contribution in [3.05, 3.63) is 63.1 Å². The zero-order chi connectivity index (χ0) is 20.2. The number of hydrogen-bond acceptors (Lipinski definition) is 3. The Bertz CT molecular complexity index is 1030. The molecule has 2 heterocycles. The maximum absolute atomic E-state index is 14.6. The summed E-state index contributed by atoms with van der Waals surface area (Å²) < 4.78 is 20.3. The van der Waals surface area contributed by atoms with E-state index < -0.39 is 17.5 Å². The van der Waals surface area contributed by atoms with E-state index in [0.717, 1.165) is 5.56 Å². The van der Waals surface area contributed by atoms with Gasteiger partial charge in [-0.2, -0.15) is 0 Å². The number of halogens is 3. The molecule has 0 aliphatic carbocycles. The summed E-state index contributed by atoms with van der Waals surface area (Å²) in [4.78, 5) is 12.9. The molecule has 2 aromatic carbocycles. The van der Waals surface area contributed by atoms with Crippen LogP contribution in [0.3, 0.4) is 0 Å². The third-order valence-corrected chi connectivity index (χ3v) is 6.45. The summed E-state index contributed by atoms with van der Waals surface area (Å²) in [6.07, 6.45) is 1.29. The number of hydrogen-bond donors (Lipinski definition) is 1. The molecule has 6 heteroatoms. The van der Waals surface area contributed by atoms with E-state index in [1.54, 1.807) is 31.2 Å². The van der Waals surface area contributed by atoms with Crippen molar-refractivity contribution in [1.82, 2.24) is 0 Å². The van der Waals surface area contributed by atoms with Gasteiger partial charge in [-0.15, -0.1) is 0 Å². The number of aryl methyl sites for hydroxylation is 1. The van der Waals surface area contributed by atoms with Crippen LogP contribution in [-0.2, 0) is 16.0 Å². The molecule has 3 nitrogen and oxygen atoms in total. The Morgan fingerprint density at radius 1 is 1.25 bits per heavy atom. The smallest absolute Gasteiger partial charge is 0.195 e. The van der Waals surface area contributed by atoms with Gasteiger partial charge < -0.3 is 9.84 Å². The normalized spacial score (nSPS) is 24.2. The summed E-state index contributed by atoms with van der Waals surface area (Å²) in [5, 5.41) is 10.8. The first-order chi connectivity index (χ1) is 13.3. The van der Waals surface area contributed by atoms with Crippen molar-refractivity contribution in [2.75, 3.05) is 0 Å². The number of carbonyl (C=O) groups excluding carboxylic acids is 1. The molecule has 0 spiro atoms. The SMILES string of the molecule is CCc1cc(-c2ccc(Cl)c(Cl)c2F)ccc1C1=C(O)C2(C)CCC(O2)C1=O. The van der Waals surface area contributed by atoms with Crippen LogP contribution < -0.4 is 0 Å². The molecule has 146 valence electrons. The predicted octanol–water partition coefficient (Wildman–Crippen LogP) is 6.15. The van der Waals surface area contributed by atoms with E-state index in [9.17, 15) is 14.3 Å². The third kappa shape index (κ3) is 2.86. The van der Waals surface area contributed by atoms with Crippen LogP contribution in [0, 0.1) is 5.82 Å². The number of Topliss-reactive ketones (excluding diaryl/α,β-unsaturated/α-hetero) is 1. The quantitative estimate of drug-likeness (QED) is 0.605. The van der Waals surface area contributed by atoms with Crippen LogP contribution >= 0.6 is 23.2 Å². The molecule has 0 amide bonds. The zero-order valence-corrected chi connectivity index (χ0v) is 17.0. The van der Waals surface area contributed by atoms with Crippen LogP contribution in [0.5, 0.6) is 0 Å². The van der Waals surface area contributed by atoms with Crippen molar-refractivity contribution in [3.8, 4) is 11.1 Å². The lowest BCUT2D eigenvalue weighted by Gasteiger charge is -2.31. The van der Waals surface area contributed by atoms with Crippen LogP contribution in [0.4, 0.5) is 4.39 Å². The Morgan fingerprint density at radius 3 is 2.68 bits per heavy atom. The third-order valence-electron chi connectivity index (χ3n) is 5.66. The van der Waals surface area contributed by atoms with Gasteiger partial charge in [-0.3, -0.25) is 4.79 Å². The van der Waals surface area contributed by atoms with Crippen molar-refractivity contribution < 1.29 is 19.0 Å². The Morgan fingerprint density at radius 2 is 1.96 bits per heavy atom. The van der Waals surface area contributed by atoms with Gasteiger partial charge in [0.15, 0.2) is 11.6 Å². The summed E-state index contributed by atoms with van der Waals surface area (Å²) in [6.45, 7) is 3.76. The highest BCUT2D eigenvalue weighted by Gasteiger charge is 2.50. The van der Waals surface area contributed by atoms with Gasteiger partial charge in [0.25, 0.3) is 0 Å². The molecule has 1 saturated heterocycles. The summed E-state index contributed by atoms with van der Waals surface area (Å²) >= 11 is 11.8. The first-order valence-corrected chi connectivity index (χ1v) is 9.95. The average Bonchev–Trinajstić information content (AvgIpc) is 3.06. The van der Waals surface area contributed by atoms with Crippen molar-refractivity contribution in [2.24, 2.45) is 0 Å². The van der Waals surface area contributed by atoms with E-state index in [4.69, 9.17) is 27.9 Å². The van der Waals surface area contributed by atoms with Crippen molar-refractivity contribution >= 4 is 34.6 Å². The van der Waals surface area contributed by atoms with E-state index in [-0.39, 0.29) is 21.6 Å². The first-order valence-electron chi connectivity index (χ1n) is 9.19. The highest BCUT2D eigenvalue weighted by atomic mass is 35.5. The summed E-state index contributed by atoms with van der Waals surface area (Å²) in [7, 11) is 0. The number of ketones is 1. The standard InChI is InChI=1S/C22H19Cl2FO3/c1-3-11-10-12(14-6-7-15(23)18(24)19(14)25)4-5-13(11)17-20(26)16-8-9-22(2,28-16)21(17)27/h4-7,10,16,27H,3,8-9H2,1-2H3. The number of fused-ring (bicyclic) bond motifs is 2. The van der Waals surface area contributed by atoms with Gasteiger partial charge in [0.2, 0.25) is 0 Å². The van der Waals surface area contributed by atoms with E-state index in [2.05, 4.69) is 0 Å². The Balaban J connectivity index is 1.85. The lowest BCUT2D eigenvalue weighted by Crippen LogP contribution is -2.37. The molecule has 2 atom stereocenters. The lowest BCUT2D eigenvalue weighted by atomic mass is 9.87. The van der Waals surface area contributed by atoms with Crippen LogP contribution in [0.2, 0.25) is 10.0 Å². The molecule has 1 fully saturated rings. The molecular weight excluding hydrogens is 402 g/mol. The molecule has 4 rings (SSSR count). The van der Waals surface area contributed by atoms with Crippen LogP contribution in [0.1, 0.15) is 37.8 Å². The number of ether oxygens (including phenoxy) is 1. The van der Waals surface area contributed by atoms with Gasteiger partial charge in [0, 0.05) is 5.56 Å². The van der Waals surface area contributed by atoms with Crippen molar-refractivity contribution in [2.45, 2.75) is 44.8 Å². The Kier molecular flexibility index (Phi) is 4.77. The minimum absolute atomic E-state index is 0.0191. The summed E-state index contributed by atoms with van der Waals surface area (Å²) in [6, 6.07) is 8.44. The van der Waals surface area contributed by atoms with Crippen molar-refractivity contribution in [1.29, 1.82) is 0 Å². The van der Waals surface area contributed by atoms with Crippen molar-refractivity contribution in [3.63, 3.8) is 0 Å². The second-order valence-electron chi connectivity index (χ2n) is 7.41. The molecule has 1 N–H and O–H groups in total. The first kappa shape index (κ1) is 19.4. The largest absolute Gasteiger partial charge is 0.508 e. The average molecular weight is 421 g/mol. The molecular formula is C22H19Cl2FO3. The number of rotatable bonds is 3. The number of aliphatic hydroxyl groups excluding tert-OH is 1. The Labute approximate surface area is 172 Å². The summed E-state index contributed by atoms with van der Waals surface area (Å²) in [5.74, 6) is -0.802. The molecule has 2 aliphatic heterocycles. The number of carbonyl (C=O) groups is 1. The molecule has 2 aliphatic rings. The fourth-order valence-corrected chi connectivity index (χ4v) is 4.36. The van der Waals surface area contributed by atoms with Gasteiger partial charge in [-0.25, -0.2) is 4.39 Å². The maximum atomic E-state index is 14.6. The topological polar surface area (TPSA) is 46.5 Å². The molecule has 2 aromatic rings. The van der Waals surface area contributed by atoms with Crippen LogP contribution in [-0.4, -0.2) is 22.6 Å². The Hall–Kier alpha value is -1.88. The van der Waals surface area contributed by atoms with E-state index in [0.29, 0.717) is 41.5 Å². The number of aliphatic hydroxyl groups is 1. The fourth-order valence-electron chi connectivity index (χ4n) is 4.05. The van der Waals surface area contributed by atoms with Gasteiger partial charge >= 0.3 is 0 Å². The van der Waals surface area contributed by atoms with Gasteiger partial charge in [0.1, 0.15) is 17.5 Å². The van der Waals surface area contributed by atoms with Crippen LogP contribution in [0.25, 0.3) is 16.7 Å². The van der Waals surface area contributed by atoms with Crippen LogP contribution in [0.15, 0.2) is 36.1 Å². The molecule has 0 radical (unpaired) electrons. The van der Waals surface area contributed by atoms with Gasteiger partial charge in [-0.1, -0.05) is 48.3 Å². The maximum Gasteiger partial charge on any atom is 0.195 e. The highest BCUT2D eigenvalue weighted by Crippen LogP contribution is 2.45. The molecule has 2 bridgehead atoms. The minimum Gasteiger partial charge on any atom is -0.508 e. The van der Waals surface area contributed by atoms with Gasteiger partial charge in [-0.05, 0) is 55.0 Å². The van der Waals surface area contributed by atoms with Gasteiger partial charge in [0.05, 0.1) is 15.6 Å². The molecule has 0 aromatic heterocycles. The second-order valence-corrected chi connectivity index (χ2v) is 8.20. The summed E-state index contributed by atoms with van der Waals surface area (Å²) in [5.41, 5.74) is 1.95. The lowest BCUT2D eigenvalue weighted by molar-refractivity contribution is -0.130. The fraction of sp³-hybridized carbons (Fsp3) is 0.318.